The second kappa shape index (κ2) is 6.90. The van der Waals surface area contributed by atoms with Crippen LogP contribution in [-0.2, 0) is 6.42 Å². The summed E-state index contributed by atoms with van der Waals surface area (Å²) in [7, 11) is 0. The Balaban J connectivity index is 1.66. The maximum absolute atomic E-state index is 12.5. The van der Waals surface area contributed by atoms with Crippen LogP contribution in [0.3, 0.4) is 0 Å². The lowest BCUT2D eigenvalue weighted by atomic mass is 9.85. The summed E-state index contributed by atoms with van der Waals surface area (Å²) in [6.07, 6.45) is 13.2. The minimum Gasteiger partial charge on any atom is -0.399 e. The highest BCUT2D eigenvalue weighted by Gasteiger charge is 2.31. The molecule has 23 heavy (non-hydrogen) atoms. The van der Waals surface area contributed by atoms with Crippen LogP contribution in [0.1, 0.15) is 31.2 Å². The average molecular weight is 311 g/mol. The van der Waals surface area contributed by atoms with Crippen LogP contribution in [0, 0.1) is 0 Å². The van der Waals surface area contributed by atoms with E-state index < -0.39 is 0 Å². The van der Waals surface area contributed by atoms with Crippen molar-refractivity contribution < 1.29 is 4.79 Å². The molecule has 3 rings (SSSR count). The van der Waals surface area contributed by atoms with Gasteiger partial charge in [-0.3, -0.25) is 0 Å². The number of nitrogens with two attached hydrogens (primary N) is 1. The van der Waals surface area contributed by atoms with Gasteiger partial charge in [0.15, 0.2) is 0 Å². The zero-order chi connectivity index (χ0) is 16.1. The van der Waals surface area contributed by atoms with Gasteiger partial charge in [-0.1, -0.05) is 36.4 Å². The van der Waals surface area contributed by atoms with Gasteiger partial charge in [0.1, 0.15) is 0 Å². The molecule has 1 saturated heterocycles. The molecule has 0 radical (unpaired) electrons. The summed E-state index contributed by atoms with van der Waals surface area (Å²) in [5.41, 5.74) is 7.49. The molecule has 0 saturated carbocycles. The molecule has 4 heteroatoms. The third-order valence-corrected chi connectivity index (χ3v) is 4.73. The molecule has 1 aliphatic carbocycles. The van der Waals surface area contributed by atoms with Gasteiger partial charge in [-0.2, -0.15) is 0 Å². The van der Waals surface area contributed by atoms with Crippen molar-refractivity contribution in [2.24, 2.45) is 0 Å². The summed E-state index contributed by atoms with van der Waals surface area (Å²) in [5.74, 6) is 0. The van der Waals surface area contributed by atoms with Gasteiger partial charge < -0.3 is 16.0 Å². The Morgan fingerprint density at radius 3 is 2.57 bits per heavy atom. The zero-order valence-corrected chi connectivity index (χ0v) is 13.5. The maximum Gasteiger partial charge on any atom is 0.318 e. The summed E-state index contributed by atoms with van der Waals surface area (Å²) in [5, 5.41) is 3.28. The molecule has 1 fully saturated rings. The third-order valence-electron chi connectivity index (χ3n) is 4.73. The fraction of sp³-hybridized carbons (Fsp3) is 0.421. The van der Waals surface area contributed by atoms with E-state index in [9.17, 15) is 4.79 Å². The Hall–Kier alpha value is -2.23. The van der Waals surface area contributed by atoms with Crippen molar-refractivity contribution in [2.75, 3.05) is 18.8 Å². The number of likely N-dealkylation sites (tertiary alicyclic amines) is 1. The fourth-order valence-corrected chi connectivity index (χ4v) is 3.27. The second-order valence-corrected chi connectivity index (χ2v) is 6.51. The van der Waals surface area contributed by atoms with E-state index in [4.69, 9.17) is 5.73 Å². The summed E-state index contributed by atoms with van der Waals surface area (Å²) in [6.45, 7) is 1.75. The molecule has 1 atom stereocenters. The Bertz CT molecular complexity index is 600. The third kappa shape index (κ3) is 3.95. The lowest BCUT2D eigenvalue weighted by molar-refractivity contribution is 0.197. The molecule has 1 aromatic carbocycles. The van der Waals surface area contributed by atoms with Crippen LogP contribution in [0.4, 0.5) is 10.5 Å². The van der Waals surface area contributed by atoms with Gasteiger partial charge in [0.25, 0.3) is 0 Å². The van der Waals surface area contributed by atoms with Crippen molar-refractivity contribution in [3.05, 3.63) is 54.1 Å². The van der Waals surface area contributed by atoms with Crippen LogP contribution in [0.5, 0.6) is 0 Å². The van der Waals surface area contributed by atoms with Crippen molar-refractivity contribution in [2.45, 2.75) is 37.6 Å². The Morgan fingerprint density at radius 1 is 1.17 bits per heavy atom. The van der Waals surface area contributed by atoms with Crippen LogP contribution in [0.2, 0.25) is 0 Å². The first-order valence-corrected chi connectivity index (χ1v) is 8.43. The normalized spacial score (nSPS) is 23.2. The first kappa shape index (κ1) is 15.7. The molecule has 122 valence electrons. The van der Waals surface area contributed by atoms with Crippen LogP contribution >= 0.6 is 0 Å². The van der Waals surface area contributed by atoms with E-state index in [0.29, 0.717) is 0 Å². The molecule has 4 nitrogen and oxygen atoms in total. The zero-order valence-electron chi connectivity index (χ0n) is 13.5. The maximum atomic E-state index is 12.5. The van der Waals surface area contributed by atoms with Crippen molar-refractivity contribution >= 4 is 11.7 Å². The predicted molar refractivity (Wildman–Crippen MR) is 94.1 cm³/mol. The van der Waals surface area contributed by atoms with Crippen molar-refractivity contribution in [1.29, 1.82) is 0 Å². The quantitative estimate of drug-likeness (QED) is 0.839. The lowest BCUT2D eigenvalue weighted by Gasteiger charge is -2.34. The van der Waals surface area contributed by atoms with Crippen LogP contribution in [0.25, 0.3) is 0 Å². The standard InChI is InChI=1S/C19H25N3O/c20-17-8-6-16(7-9-17)10-13-19(11-2-1-3-12-19)21-18(23)22-14-4-5-15-22/h1-3,6-9,11H,4-5,10,12-15,20H2,(H,21,23). The van der Waals surface area contributed by atoms with Gasteiger partial charge in [-0.05, 0) is 49.8 Å². The first-order chi connectivity index (χ1) is 11.2. The first-order valence-electron chi connectivity index (χ1n) is 8.43. The van der Waals surface area contributed by atoms with Crippen molar-refractivity contribution in [1.82, 2.24) is 10.2 Å². The number of anilines is 1. The number of hydrogen-bond acceptors (Lipinski definition) is 2. The highest BCUT2D eigenvalue weighted by molar-refractivity contribution is 5.76. The number of amides is 2. The summed E-state index contributed by atoms with van der Waals surface area (Å²) in [6, 6.07) is 8.06. The number of nitrogens with one attached hydrogen (secondary N) is 1. The van der Waals surface area contributed by atoms with Gasteiger partial charge in [0.05, 0.1) is 5.54 Å². The molecule has 0 bridgehead atoms. The highest BCUT2D eigenvalue weighted by atomic mass is 16.2. The largest absolute Gasteiger partial charge is 0.399 e. The lowest BCUT2D eigenvalue weighted by Crippen LogP contribution is -2.52. The van der Waals surface area contributed by atoms with E-state index in [-0.39, 0.29) is 11.6 Å². The predicted octanol–water partition coefficient (Wildman–Crippen LogP) is 3.26. The number of nitrogens with zero attached hydrogens (tertiary/aromatic N) is 1. The van der Waals surface area contributed by atoms with E-state index in [2.05, 4.69) is 29.6 Å². The van der Waals surface area contributed by atoms with E-state index >= 15 is 0 Å². The van der Waals surface area contributed by atoms with Crippen LogP contribution in [0.15, 0.2) is 48.6 Å². The van der Waals surface area contributed by atoms with Crippen LogP contribution in [-0.4, -0.2) is 29.6 Å². The number of benzene rings is 1. The molecule has 1 unspecified atom stereocenters. The van der Waals surface area contributed by atoms with Crippen molar-refractivity contribution in [3.63, 3.8) is 0 Å². The van der Waals surface area contributed by atoms with Crippen molar-refractivity contribution in [3.8, 4) is 0 Å². The second-order valence-electron chi connectivity index (χ2n) is 6.51. The molecule has 0 spiro atoms. The van der Waals surface area contributed by atoms with E-state index in [0.717, 1.165) is 50.9 Å². The number of aryl methyl sites for hydroxylation is 1. The van der Waals surface area contributed by atoms with E-state index in [1.807, 2.05) is 29.2 Å². The molecule has 1 heterocycles. The number of allylic oxidation sites excluding steroid dienone is 2. The molecule has 3 N–H and O–H groups in total. The van der Waals surface area contributed by atoms with Gasteiger partial charge in [0.2, 0.25) is 0 Å². The molecule has 1 aliphatic heterocycles. The topological polar surface area (TPSA) is 58.4 Å². The highest BCUT2D eigenvalue weighted by Crippen LogP contribution is 2.25. The molecular formula is C19H25N3O. The number of carbonyl (C=O) groups is 1. The number of nitrogen functional groups attached to an aromatic ring is 1. The number of rotatable bonds is 4. The molecular weight excluding hydrogens is 286 g/mol. The van der Waals surface area contributed by atoms with Gasteiger partial charge >= 0.3 is 6.03 Å². The van der Waals surface area contributed by atoms with Crippen LogP contribution < -0.4 is 11.1 Å². The molecule has 2 aliphatic rings. The monoisotopic (exact) mass is 311 g/mol. The molecule has 2 amide bonds. The molecule has 1 aromatic rings. The Morgan fingerprint density at radius 2 is 1.91 bits per heavy atom. The summed E-state index contributed by atoms with van der Waals surface area (Å²) < 4.78 is 0. The SMILES string of the molecule is Nc1ccc(CCC2(NC(=O)N3CCCC3)C=CC=CC2)cc1. The van der Waals surface area contributed by atoms with Gasteiger partial charge in [0, 0.05) is 18.8 Å². The minimum atomic E-state index is -0.282. The smallest absolute Gasteiger partial charge is 0.318 e. The van der Waals surface area contributed by atoms with Gasteiger partial charge in [-0.15, -0.1) is 0 Å². The van der Waals surface area contributed by atoms with E-state index in [1.165, 1.54) is 5.56 Å². The number of urea groups is 1. The minimum absolute atomic E-state index is 0.0692. The molecule has 0 aromatic heterocycles. The average Bonchev–Trinajstić information content (AvgIpc) is 3.10. The Kier molecular flexibility index (Phi) is 4.70. The fourth-order valence-electron chi connectivity index (χ4n) is 3.27. The van der Waals surface area contributed by atoms with Gasteiger partial charge in [-0.25, -0.2) is 4.79 Å². The number of carbonyl (C=O) groups excluding carboxylic acids is 1. The number of hydrogen-bond donors (Lipinski definition) is 2. The summed E-state index contributed by atoms with van der Waals surface area (Å²) >= 11 is 0. The van der Waals surface area contributed by atoms with E-state index in [1.54, 1.807) is 0 Å². The Labute approximate surface area is 138 Å². The summed E-state index contributed by atoms with van der Waals surface area (Å²) in [4.78, 5) is 14.4.